The number of halogens is 1. The second kappa shape index (κ2) is 4.99. The zero-order valence-corrected chi connectivity index (χ0v) is 8.12. The van der Waals surface area contributed by atoms with Gasteiger partial charge in [0.2, 0.25) is 0 Å². The molecule has 72 valence electrons. The molecule has 0 spiro atoms. The molecule has 0 aliphatic carbocycles. The minimum absolute atomic E-state index is 0.312. The zero-order valence-electron chi connectivity index (χ0n) is 7.37. The van der Waals surface area contributed by atoms with Crippen LogP contribution in [0.4, 0.5) is 5.82 Å². The van der Waals surface area contributed by atoms with E-state index in [1.165, 1.54) is 12.5 Å². The van der Waals surface area contributed by atoms with Gasteiger partial charge in [0.15, 0.2) is 0 Å². The van der Waals surface area contributed by atoms with Crippen LogP contribution >= 0.6 is 11.6 Å². The first-order chi connectivity index (χ1) is 6.20. The van der Waals surface area contributed by atoms with Crippen LogP contribution in [0.15, 0.2) is 12.5 Å². The van der Waals surface area contributed by atoms with Gasteiger partial charge in [0, 0.05) is 6.54 Å². The summed E-state index contributed by atoms with van der Waals surface area (Å²) in [4.78, 5) is 7.69. The summed E-state index contributed by atoms with van der Waals surface area (Å²) in [5.74, 6) is 0.609. The van der Waals surface area contributed by atoms with Crippen molar-refractivity contribution in [2.75, 3.05) is 11.9 Å². The molecule has 0 amide bonds. The molecule has 1 unspecified atom stereocenters. The number of anilines is 1. The molecule has 1 atom stereocenters. The summed E-state index contributed by atoms with van der Waals surface area (Å²) in [5.41, 5.74) is 0. The third-order valence-corrected chi connectivity index (χ3v) is 1.80. The Balaban J connectivity index is 2.41. The number of hydrogen-bond acceptors (Lipinski definition) is 4. The predicted molar refractivity (Wildman–Crippen MR) is 51.8 cm³/mol. The van der Waals surface area contributed by atoms with E-state index in [4.69, 9.17) is 16.7 Å². The van der Waals surface area contributed by atoms with E-state index >= 15 is 0 Å². The van der Waals surface area contributed by atoms with Crippen molar-refractivity contribution in [3.05, 3.63) is 17.5 Å². The average Bonchev–Trinajstić information content (AvgIpc) is 2.08. The molecule has 1 aromatic rings. The lowest BCUT2D eigenvalue weighted by molar-refractivity contribution is 0.188. The van der Waals surface area contributed by atoms with E-state index < -0.39 is 0 Å². The first-order valence-corrected chi connectivity index (χ1v) is 4.45. The fourth-order valence-corrected chi connectivity index (χ4v) is 1.01. The molecule has 0 fully saturated rings. The van der Waals surface area contributed by atoms with Crippen LogP contribution in [-0.4, -0.2) is 27.7 Å². The number of aliphatic hydroxyl groups excluding tert-OH is 1. The van der Waals surface area contributed by atoms with Gasteiger partial charge < -0.3 is 10.4 Å². The molecule has 5 heteroatoms. The maximum atomic E-state index is 8.99. The van der Waals surface area contributed by atoms with Gasteiger partial charge in [-0.15, -0.1) is 0 Å². The van der Waals surface area contributed by atoms with E-state index in [9.17, 15) is 0 Å². The number of aliphatic hydroxyl groups is 1. The standard InChI is InChI=1S/C8H12ClN3O/c1-6(13)2-3-11-8-7(9)4-10-5-12-8/h4-6,13H,2-3H2,1H3,(H,10,11,12). The van der Waals surface area contributed by atoms with Crippen molar-refractivity contribution < 1.29 is 5.11 Å². The zero-order chi connectivity index (χ0) is 9.68. The molecule has 0 bridgehead atoms. The molecule has 0 radical (unpaired) electrons. The molecule has 0 saturated heterocycles. The van der Waals surface area contributed by atoms with Crippen LogP contribution in [0.2, 0.25) is 5.02 Å². The second-order valence-corrected chi connectivity index (χ2v) is 3.19. The Morgan fingerprint density at radius 3 is 3.08 bits per heavy atom. The average molecular weight is 202 g/mol. The first-order valence-electron chi connectivity index (χ1n) is 4.07. The van der Waals surface area contributed by atoms with Crippen molar-refractivity contribution in [2.24, 2.45) is 0 Å². The summed E-state index contributed by atoms with van der Waals surface area (Å²) >= 11 is 5.79. The van der Waals surface area contributed by atoms with E-state index in [1.54, 1.807) is 6.92 Å². The summed E-state index contributed by atoms with van der Waals surface area (Å²) in [6, 6.07) is 0. The quantitative estimate of drug-likeness (QED) is 0.772. The highest BCUT2D eigenvalue weighted by atomic mass is 35.5. The summed E-state index contributed by atoms with van der Waals surface area (Å²) < 4.78 is 0. The van der Waals surface area contributed by atoms with Crippen molar-refractivity contribution >= 4 is 17.4 Å². The molecule has 0 aliphatic rings. The summed E-state index contributed by atoms with van der Waals surface area (Å²) in [6.07, 6.45) is 3.31. The van der Waals surface area contributed by atoms with Gasteiger partial charge in [0.05, 0.1) is 12.3 Å². The summed E-state index contributed by atoms with van der Waals surface area (Å²) in [5, 5.41) is 12.5. The first kappa shape index (κ1) is 10.2. The van der Waals surface area contributed by atoms with Crippen LogP contribution in [0.1, 0.15) is 13.3 Å². The number of nitrogens with one attached hydrogen (secondary N) is 1. The van der Waals surface area contributed by atoms with Crippen molar-refractivity contribution in [2.45, 2.75) is 19.4 Å². The molecule has 2 N–H and O–H groups in total. The van der Waals surface area contributed by atoms with Crippen LogP contribution < -0.4 is 5.32 Å². The van der Waals surface area contributed by atoms with Gasteiger partial charge in [-0.2, -0.15) is 0 Å². The predicted octanol–water partition coefficient (Wildman–Crippen LogP) is 1.31. The second-order valence-electron chi connectivity index (χ2n) is 2.78. The van der Waals surface area contributed by atoms with Gasteiger partial charge in [-0.3, -0.25) is 0 Å². The van der Waals surface area contributed by atoms with Crippen molar-refractivity contribution in [1.29, 1.82) is 0 Å². The molecule has 1 rings (SSSR count). The summed E-state index contributed by atoms with van der Waals surface area (Å²) in [6.45, 7) is 2.39. The van der Waals surface area contributed by atoms with E-state index in [2.05, 4.69) is 15.3 Å². The van der Waals surface area contributed by atoms with E-state index in [-0.39, 0.29) is 6.10 Å². The monoisotopic (exact) mass is 201 g/mol. The highest BCUT2D eigenvalue weighted by Gasteiger charge is 2.00. The molecule has 0 aromatic carbocycles. The minimum Gasteiger partial charge on any atom is -0.393 e. The highest BCUT2D eigenvalue weighted by molar-refractivity contribution is 6.32. The van der Waals surface area contributed by atoms with Crippen molar-refractivity contribution in [3.8, 4) is 0 Å². The van der Waals surface area contributed by atoms with Gasteiger partial charge >= 0.3 is 0 Å². The Kier molecular flexibility index (Phi) is 3.92. The van der Waals surface area contributed by atoms with E-state index in [1.807, 2.05) is 0 Å². The van der Waals surface area contributed by atoms with Crippen LogP contribution in [0.25, 0.3) is 0 Å². The van der Waals surface area contributed by atoms with E-state index in [0.29, 0.717) is 23.8 Å². The number of aromatic nitrogens is 2. The minimum atomic E-state index is -0.312. The fraction of sp³-hybridized carbons (Fsp3) is 0.500. The van der Waals surface area contributed by atoms with Gasteiger partial charge in [-0.05, 0) is 13.3 Å². The fourth-order valence-electron chi connectivity index (χ4n) is 0.842. The third kappa shape index (κ3) is 3.57. The highest BCUT2D eigenvalue weighted by Crippen LogP contribution is 2.15. The Labute approximate surface area is 82.0 Å². The Morgan fingerprint density at radius 2 is 2.46 bits per heavy atom. The third-order valence-electron chi connectivity index (χ3n) is 1.52. The topological polar surface area (TPSA) is 58.0 Å². The van der Waals surface area contributed by atoms with Gasteiger partial charge in [0.1, 0.15) is 17.2 Å². The van der Waals surface area contributed by atoms with Crippen LogP contribution in [0.5, 0.6) is 0 Å². The van der Waals surface area contributed by atoms with Crippen LogP contribution in [0.3, 0.4) is 0 Å². The molecule has 1 aromatic heterocycles. The van der Waals surface area contributed by atoms with E-state index in [0.717, 1.165) is 0 Å². The lowest BCUT2D eigenvalue weighted by Gasteiger charge is -2.07. The molecule has 0 aliphatic heterocycles. The molecular weight excluding hydrogens is 190 g/mol. The number of nitrogens with zero attached hydrogens (tertiary/aromatic N) is 2. The smallest absolute Gasteiger partial charge is 0.148 e. The Bertz CT molecular complexity index is 267. The largest absolute Gasteiger partial charge is 0.393 e. The molecule has 0 saturated carbocycles. The van der Waals surface area contributed by atoms with Crippen molar-refractivity contribution in [3.63, 3.8) is 0 Å². The number of rotatable bonds is 4. The molecular formula is C8H12ClN3O. The molecule has 13 heavy (non-hydrogen) atoms. The van der Waals surface area contributed by atoms with Crippen molar-refractivity contribution in [1.82, 2.24) is 9.97 Å². The van der Waals surface area contributed by atoms with Crippen LogP contribution in [0, 0.1) is 0 Å². The number of hydrogen-bond donors (Lipinski definition) is 2. The lowest BCUT2D eigenvalue weighted by Crippen LogP contribution is -2.10. The van der Waals surface area contributed by atoms with Gasteiger partial charge in [0.25, 0.3) is 0 Å². The molecule has 4 nitrogen and oxygen atoms in total. The maximum absolute atomic E-state index is 8.99. The SMILES string of the molecule is CC(O)CCNc1ncncc1Cl. The van der Waals surface area contributed by atoms with Gasteiger partial charge in [-0.1, -0.05) is 11.6 Å². The van der Waals surface area contributed by atoms with Gasteiger partial charge in [-0.25, -0.2) is 9.97 Å². The maximum Gasteiger partial charge on any atom is 0.148 e. The van der Waals surface area contributed by atoms with Crippen LogP contribution in [-0.2, 0) is 0 Å². The Morgan fingerprint density at radius 1 is 1.69 bits per heavy atom. The normalized spacial score (nSPS) is 12.5. The Hall–Kier alpha value is -0.870. The lowest BCUT2D eigenvalue weighted by atomic mass is 10.3. The molecule has 1 heterocycles. The summed E-state index contributed by atoms with van der Waals surface area (Å²) in [7, 11) is 0.